The number of unbranched alkanes of at least 4 members (excludes halogenated alkanes) is 1. The third kappa shape index (κ3) is 38.8. The van der Waals surface area contributed by atoms with E-state index in [1.165, 1.54) is 63.4 Å². The van der Waals surface area contributed by atoms with Crippen LogP contribution < -0.4 is 32.3 Å². The summed E-state index contributed by atoms with van der Waals surface area (Å²) < 4.78 is 43.6. The van der Waals surface area contributed by atoms with Crippen molar-refractivity contribution in [1.82, 2.24) is 60.9 Å². The van der Waals surface area contributed by atoms with Gasteiger partial charge in [0.2, 0.25) is 65.0 Å². The van der Waals surface area contributed by atoms with Crippen LogP contribution in [0.2, 0.25) is 0 Å². The van der Waals surface area contributed by atoms with Gasteiger partial charge in [0.1, 0.15) is 6.04 Å². The number of amides is 11. The van der Waals surface area contributed by atoms with Gasteiger partial charge in [-0.3, -0.25) is 52.7 Å². The van der Waals surface area contributed by atoms with Crippen LogP contribution in [-0.4, -0.2) is 269 Å². The summed E-state index contributed by atoms with van der Waals surface area (Å²) in [7, 11) is 1.50. The highest BCUT2D eigenvalue weighted by molar-refractivity contribution is 9.10. The molecule has 110 heavy (non-hydrogen) atoms. The van der Waals surface area contributed by atoms with Crippen LogP contribution in [0.4, 0.5) is 0 Å². The molecule has 29 heteroatoms. The molecule has 1 unspecified atom stereocenters. The first-order valence-electron chi connectivity index (χ1n) is 39.6. The molecule has 5 atom stereocenters. The van der Waals surface area contributed by atoms with Crippen molar-refractivity contribution in [2.24, 2.45) is 29.4 Å². The summed E-state index contributed by atoms with van der Waals surface area (Å²) in [4.78, 5) is 174. The van der Waals surface area contributed by atoms with Gasteiger partial charge in [0.05, 0.1) is 62.6 Å². The summed E-state index contributed by atoms with van der Waals surface area (Å²) in [6.45, 7) is 18.0. The Morgan fingerprint density at radius 3 is 1.48 bits per heavy atom. The van der Waals surface area contributed by atoms with E-state index in [1.807, 2.05) is 51.1 Å². The second-order valence-corrected chi connectivity index (χ2v) is 29.4. The van der Waals surface area contributed by atoms with Gasteiger partial charge in [-0.15, -0.1) is 0 Å². The zero-order valence-corrected chi connectivity index (χ0v) is 68.8. The highest BCUT2D eigenvalue weighted by Crippen LogP contribution is 2.20. The van der Waals surface area contributed by atoms with Gasteiger partial charge in [0.15, 0.2) is 0 Å². The SMILES string of the molecule is [2H]C([2H])([2H])[C@@H](/C=C(\C)CN(CCNC(C)=O)C(=O)[C@H](C)/C=C(\C)CN(CCNC(C)=O)C(=O)[C@H](C)/C=C(\C)CNCCNC(C)=O)C(=O)N(C/C(C)=C/[C@@H](C)C(=O)N(CCCOC(C)C)CC(=O)N(CCCOC)CC(=O)N(CCc1ccc(Br)cc1)CC(=O)N(CCCCN)CC(=O)NC1CCOC1=O)Cc1ccccc1. The van der Waals surface area contributed by atoms with Crippen molar-refractivity contribution in [3.05, 3.63) is 117 Å². The molecule has 1 fully saturated rings. The van der Waals surface area contributed by atoms with E-state index >= 15 is 9.59 Å². The van der Waals surface area contributed by atoms with E-state index in [1.54, 1.807) is 88.9 Å². The van der Waals surface area contributed by atoms with Gasteiger partial charge in [-0.25, -0.2) is 4.79 Å². The Morgan fingerprint density at radius 2 is 0.982 bits per heavy atom. The lowest BCUT2D eigenvalue weighted by Crippen LogP contribution is -2.52. The molecule has 0 radical (unpaired) electrons. The van der Waals surface area contributed by atoms with E-state index in [2.05, 4.69) is 42.5 Å². The minimum absolute atomic E-state index is 0.00559. The maximum Gasteiger partial charge on any atom is 0.328 e. The molecule has 0 bridgehead atoms. The van der Waals surface area contributed by atoms with Gasteiger partial charge < -0.3 is 80.8 Å². The minimum Gasteiger partial charge on any atom is -0.464 e. The van der Waals surface area contributed by atoms with Gasteiger partial charge in [-0.1, -0.05) is 133 Å². The average Bonchev–Trinajstić information content (AvgIpc) is 1.18. The standard InChI is InChI=1S/C81H126BrN13O15/c1-57(2)109-42-21-37-92(56-76(102)90(36-20-41-108-14)54-75(101)91(38-28-69-24-26-71(82)27-25-69)55-74(100)89(35-19-18-30-83)53-73(99)88-72-29-43-110-81(72)107)77(103)63(8)47-61(6)51-95(52-70-22-16-15-17-23-70)80(106)65(10)46-60(5)50-94(40-34-87-68(13)98)79(105)64(9)45-59(4)49-93(39-33-86-67(12)97)78(104)62(7)44-58(3)48-84-31-32-85-66(11)96/h15-17,22-27,44-47,57,62-65,72,84H,18-21,28-43,48-56,83H2,1-14H3,(H,85,96)(H,86,97)(H,87,98)(H,88,99)/b58-44+,59-45+,60-46+,61-47+/t62-,63-,64-,65+,72?/m1/s1/i10D3. The van der Waals surface area contributed by atoms with E-state index in [0.717, 1.165) is 15.6 Å². The Balaban J connectivity index is 2.03. The lowest BCUT2D eigenvalue weighted by molar-refractivity contribution is -0.147. The Bertz CT molecular complexity index is 3540. The number of benzene rings is 2. The topological polar surface area (TPSA) is 341 Å². The second-order valence-electron chi connectivity index (χ2n) is 28.5. The molecule has 2 aromatic rings. The molecule has 0 aliphatic carbocycles. The van der Waals surface area contributed by atoms with Crippen molar-refractivity contribution in [3.8, 4) is 0 Å². The number of esters is 1. The second kappa shape index (κ2) is 52.5. The third-order valence-electron chi connectivity index (χ3n) is 17.8. The lowest BCUT2D eigenvalue weighted by atomic mass is 10.0. The fraction of sp³-hybridized carbons (Fsp3) is 0.605. The van der Waals surface area contributed by atoms with Crippen LogP contribution in [-0.2, 0) is 84.7 Å². The molecule has 0 spiro atoms. The summed E-state index contributed by atoms with van der Waals surface area (Å²) in [5, 5.41) is 14.1. The molecule has 1 aliphatic heterocycles. The summed E-state index contributed by atoms with van der Waals surface area (Å²) in [5.41, 5.74) is 9.77. The van der Waals surface area contributed by atoms with Gasteiger partial charge >= 0.3 is 5.97 Å². The molecular formula is C81H126BrN13O15. The monoisotopic (exact) mass is 1600 g/mol. The Kier molecular flexibility index (Phi) is 43.1. The highest BCUT2D eigenvalue weighted by Gasteiger charge is 2.33. The number of nitrogens with one attached hydrogen (secondary N) is 5. The van der Waals surface area contributed by atoms with Crippen LogP contribution in [0.1, 0.15) is 137 Å². The van der Waals surface area contributed by atoms with Crippen molar-refractivity contribution in [2.75, 3.05) is 151 Å². The van der Waals surface area contributed by atoms with E-state index in [-0.39, 0.29) is 135 Å². The number of methoxy groups -OCH3 is 1. The normalized spacial score (nSPS) is 14.8. The fourth-order valence-corrected chi connectivity index (χ4v) is 12.5. The Morgan fingerprint density at radius 1 is 0.527 bits per heavy atom. The van der Waals surface area contributed by atoms with Crippen LogP contribution in [0.3, 0.4) is 0 Å². The van der Waals surface area contributed by atoms with Crippen LogP contribution >= 0.6 is 15.9 Å². The molecule has 612 valence electrons. The highest BCUT2D eigenvalue weighted by atomic mass is 79.9. The van der Waals surface area contributed by atoms with Gasteiger partial charge in [-0.2, -0.15) is 0 Å². The number of hydrogen-bond donors (Lipinski definition) is 6. The predicted molar refractivity (Wildman–Crippen MR) is 428 cm³/mol. The van der Waals surface area contributed by atoms with Crippen LogP contribution in [0.5, 0.6) is 0 Å². The van der Waals surface area contributed by atoms with E-state index in [4.69, 9.17) is 24.1 Å². The first-order chi connectivity index (χ1) is 53.4. The molecule has 1 aliphatic rings. The molecule has 0 aromatic heterocycles. The fourth-order valence-electron chi connectivity index (χ4n) is 12.2. The summed E-state index contributed by atoms with van der Waals surface area (Å²) in [5.74, 6) is -9.52. The lowest BCUT2D eigenvalue weighted by Gasteiger charge is -2.32. The number of halogens is 1. The van der Waals surface area contributed by atoms with Crippen molar-refractivity contribution >= 4 is 86.9 Å². The molecule has 2 aromatic carbocycles. The first-order valence-corrected chi connectivity index (χ1v) is 38.9. The molecule has 0 saturated carbocycles. The first kappa shape index (κ1) is 90.2. The number of cyclic esters (lactones) is 1. The van der Waals surface area contributed by atoms with E-state index in [0.29, 0.717) is 80.6 Å². The van der Waals surface area contributed by atoms with Crippen LogP contribution in [0.25, 0.3) is 0 Å². The Labute approximate surface area is 665 Å². The van der Waals surface area contributed by atoms with Gasteiger partial charge in [-0.05, 0) is 103 Å². The molecule has 7 N–H and O–H groups in total. The molecular weight excluding hydrogens is 1470 g/mol. The van der Waals surface area contributed by atoms with Crippen molar-refractivity contribution in [1.29, 1.82) is 0 Å². The zero-order valence-electron chi connectivity index (χ0n) is 70.2. The number of rotatable bonds is 52. The van der Waals surface area contributed by atoms with Gasteiger partial charge in [0, 0.05) is 154 Å². The molecule has 1 saturated heterocycles. The largest absolute Gasteiger partial charge is 0.464 e. The number of hydrogen-bond acceptors (Lipinski definition) is 17. The molecule has 11 amide bonds. The number of carbonyl (C=O) groups excluding carboxylic acids is 12. The van der Waals surface area contributed by atoms with Crippen molar-refractivity contribution in [2.45, 2.75) is 147 Å². The number of carbonyl (C=O) groups is 12. The minimum atomic E-state index is -2.92. The van der Waals surface area contributed by atoms with Gasteiger partial charge in [0.25, 0.3) is 0 Å². The quantitative estimate of drug-likeness (QED) is 0.0276. The number of ether oxygens (including phenoxy) is 3. The maximum absolute atomic E-state index is 15.2. The summed E-state index contributed by atoms with van der Waals surface area (Å²) >= 11 is 3.46. The summed E-state index contributed by atoms with van der Waals surface area (Å²) in [6, 6.07) is 15.5. The summed E-state index contributed by atoms with van der Waals surface area (Å²) in [6.07, 6.45) is 8.63. The van der Waals surface area contributed by atoms with Crippen molar-refractivity contribution < 1.29 is 75.9 Å². The van der Waals surface area contributed by atoms with E-state index in [9.17, 15) is 47.9 Å². The molecule has 1 heterocycles. The average molecular weight is 1600 g/mol. The Hall–Kier alpha value is -8.64. The van der Waals surface area contributed by atoms with Crippen molar-refractivity contribution in [3.63, 3.8) is 0 Å². The van der Waals surface area contributed by atoms with E-state index < -0.39 is 110 Å². The number of nitrogens with zero attached hydrogens (tertiary/aromatic N) is 7. The predicted octanol–water partition coefficient (Wildman–Crippen LogP) is 5.34. The number of nitrogens with two attached hydrogens (primary N) is 1. The molecule has 28 nitrogen and oxygen atoms in total. The van der Waals surface area contributed by atoms with Crippen LogP contribution in [0, 0.1) is 23.7 Å². The maximum atomic E-state index is 15.2. The zero-order chi connectivity index (χ0) is 84.3. The van der Waals surface area contributed by atoms with Crippen LogP contribution in [0.15, 0.2) is 106 Å². The molecule has 3 rings (SSSR count). The third-order valence-corrected chi connectivity index (χ3v) is 18.3. The smallest absolute Gasteiger partial charge is 0.328 e.